The van der Waals surface area contributed by atoms with Crippen molar-refractivity contribution in [1.82, 2.24) is 5.32 Å². The molecular weight excluding hydrogens is 278 g/mol. The monoisotopic (exact) mass is 300 g/mol. The van der Waals surface area contributed by atoms with Crippen molar-refractivity contribution < 1.29 is 18.3 Å². The first-order valence-electron chi connectivity index (χ1n) is 6.99. The molecule has 1 aromatic carbocycles. The first-order chi connectivity index (χ1) is 9.85. The Bertz CT molecular complexity index is 470. The molecule has 1 atom stereocenters. The van der Waals surface area contributed by atoms with Gasteiger partial charge in [-0.2, -0.15) is 0 Å². The second kappa shape index (κ2) is 7.93. The standard InChI is InChI=1S/C15H22F2N2O2/c1-4-13(15(18)20)21-14-11(16)5-10(6-12(14)17)8-19-7-9(2)3/h5-6,9,13,19H,4,7-8H2,1-3H3,(H2,18,20). The number of carbonyl (C=O) groups is 1. The molecule has 0 spiro atoms. The van der Waals surface area contributed by atoms with Crippen LogP contribution in [-0.4, -0.2) is 18.6 Å². The fraction of sp³-hybridized carbons (Fsp3) is 0.533. The van der Waals surface area contributed by atoms with Gasteiger partial charge in [-0.15, -0.1) is 0 Å². The maximum atomic E-state index is 13.9. The van der Waals surface area contributed by atoms with Crippen molar-refractivity contribution in [2.75, 3.05) is 6.54 Å². The number of hydrogen-bond acceptors (Lipinski definition) is 3. The number of ether oxygens (including phenoxy) is 1. The number of carbonyl (C=O) groups excluding carboxylic acids is 1. The largest absolute Gasteiger partial charge is 0.474 e. The number of amides is 1. The van der Waals surface area contributed by atoms with E-state index in [1.807, 2.05) is 13.8 Å². The molecule has 3 N–H and O–H groups in total. The van der Waals surface area contributed by atoms with Crippen molar-refractivity contribution >= 4 is 5.91 Å². The van der Waals surface area contributed by atoms with Crippen molar-refractivity contribution in [3.05, 3.63) is 29.3 Å². The lowest BCUT2D eigenvalue weighted by Gasteiger charge is -2.16. The minimum Gasteiger partial charge on any atom is -0.474 e. The minimum atomic E-state index is -1.04. The maximum absolute atomic E-state index is 13.9. The lowest BCUT2D eigenvalue weighted by Crippen LogP contribution is -2.33. The molecule has 0 bridgehead atoms. The fourth-order valence-electron chi connectivity index (χ4n) is 1.82. The summed E-state index contributed by atoms with van der Waals surface area (Å²) in [7, 11) is 0. The van der Waals surface area contributed by atoms with Gasteiger partial charge in [0.1, 0.15) is 0 Å². The van der Waals surface area contributed by atoms with Crippen molar-refractivity contribution in [3.63, 3.8) is 0 Å². The molecule has 0 aliphatic carbocycles. The van der Waals surface area contributed by atoms with E-state index in [1.54, 1.807) is 6.92 Å². The first kappa shape index (κ1) is 17.4. The van der Waals surface area contributed by atoms with Crippen molar-refractivity contribution in [2.45, 2.75) is 39.8 Å². The molecule has 1 unspecified atom stereocenters. The molecule has 0 saturated carbocycles. The maximum Gasteiger partial charge on any atom is 0.258 e. The van der Waals surface area contributed by atoms with Crippen molar-refractivity contribution in [2.24, 2.45) is 11.7 Å². The summed E-state index contributed by atoms with van der Waals surface area (Å²) in [5.74, 6) is -2.54. The van der Waals surface area contributed by atoms with E-state index in [0.717, 1.165) is 6.54 Å². The van der Waals surface area contributed by atoms with Crippen LogP contribution in [0.5, 0.6) is 5.75 Å². The number of rotatable bonds is 8. The lowest BCUT2D eigenvalue weighted by molar-refractivity contribution is -0.124. The highest BCUT2D eigenvalue weighted by Gasteiger charge is 2.20. The third kappa shape index (κ3) is 5.30. The van der Waals surface area contributed by atoms with Crippen LogP contribution < -0.4 is 15.8 Å². The van der Waals surface area contributed by atoms with Gasteiger partial charge in [0.25, 0.3) is 5.91 Å². The summed E-state index contributed by atoms with van der Waals surface area (Å²) in [4.78, 5) is 11.1. The molecule has 118 valence electrons. The molecule has 0 heterocycles. The Balaban J connectivity index is 2.82. The summed E-state index contributed by atoms with van der Waals surface area (Å²) < 4.78 is 32.9. The topological polar surface area (TPSA) is 64.3 Å². The van der Waals surface area contributed by atoms with Gasteiger partial charge in [0.05, 0.1) is 0 Å². The summed E-state index contributed by atoms with van der Waals surface area (Å²) in [6, 6.07) is 2.39. The molecule has 1 amide bonds. The SMILES string of the molecule is CCC(Oc1c(F)cc(CNCC(C)C)cc1F)C(N)=O. The van der Waals surface area contributed by atoms with E-state index in [4.69, 9.17) is 10.5 Å². The van der Waals surface area contributed by atoms with Gasteiger partial charge >= 0.3 is 0 Å². The second-order valence-corrected chi connectivity index (χ2v) is 5.33. The van der Waals surface area contributed by atoms with Gasteiger partial charge in [-0.05, 0) is 36.6 Å². The van der Waals surface area contributed by atoms with E-state index in [0.29, 0.717) is 18.0 Å². The van der Waals surface area contributed by atoms with Crippen molar-refractivity contribution in [1.29, 1.82) is 0 Å². The molecule has 4 nitrogen and oxygen atoms in total. The smallest absolute Gasteiger partial charge is 0.258 e. The number of hydrogen-bond donors (Lipinski definition) is 2. The molecule has 0 aromatic heterocycles. The van der Waals surface area contributed by atoms with Crippen LogP contribution in [0, 0.1) is 17.6 Å². The Labute approximate surface area is 123 Å². The molecule has 1 rings (SSSR count). The Morgan fingerprint density at radius 2 is 1.90 bits per heavy atom. The second-order valence-electron chi connectivity index (χ2n) is 5.33. The molecule has 0 aliphatic rings. The molecule has 1 aromatic rings. The average molecular weight is 300 g/mol. The average Bonchev–Trinajstić information content (AvgIpc) is 2.37. The molecule has 0 radical (unpaired) electrons. The lowest BCUT2D eigenvalue weighted by atomic mass is 10.1. The first-order valence-corrected chi connectivity index (χ1v) is 6.99. The van der Waals surface area contributed by atoms with Crippen LogP contribution in [0.4, 0.5) is 8.78 Å². The summed E-state index contributed by atoms with van der Waals surface area (Å²) in [6.07, 6.45) is -0.801. The third-order valence-corrected chi connectivity index (χ3v) is 2.89. The number of halogens is 2. The zero-order chi connectivity index (χ0) is 16.0. The highest BCUT2D eigenvalue weighted by Crippen LogP contribution is 2.25. The summed E-state index contributed by atoms with van der Waals surface area (Å²) >= 11 is 0. The highest BCUT2D eigenvalue weighted by molar-refractivity contribution is 5.79. The van der Waals surface area contributed by atoms with Crippen LogP contribution in [0.1, 0.15) is 32.8 Å². The van der Waals surface area contributed by atoms with Crippen LogP contribution in [0.3, 0.4) is 0 Å². The predicted molar refractivity (Wildman–Crippen MR) is 76.8 cm³/mol. The van der Waals surface area contributed by atoms with Gasteiger partial charge < -0.3 is 15.8 Å². The van der Waals surface area contributed by atoms with E-state index in [9.17, 15) is 13.6 Å². The minimum absolute atomic E-state index is 0.242. The van der Waals surface area contributed by atoms with Gasteiger partial charge in [0, 0.05) is 6.54 Å². The molecule has 6 heteroatoms. The zero-order valence-corrected chi connectivity index (χ0v) is 12.6. The van der Waals surface area contributed by atoms with Gasteiger partial charge in [-0.3, -0.25) is 4.79 Å². The molecule has 21 heavy (non-hydrogen) atoms. The van der Waals surface area contributed by atoms with Crippen molar-refractivity contribution in [3.8, 4) is 5.75 Å². The number of benzene rings is 1. The number of primary amides is 1. The molecule has 0 aliphatic heterocycles. The Morgan fingerprint density at radius 3 is 2.33 bits per heavy atom. The molecular formula is C15H22F2N2O2. The van der Waals surface area contributed by atoms with E-state index >= 15 is 0 Å². The van der Waals surface area contributed by atoms with Crippen LogP contribution in [-0.2, 0) is 11.3 Å². The van der Waals surface area contributed by atoms with Crippen LogP contribution in [0.15, 0.2) is 12.1 Å². The summed E-state index contributed by atoms with van der Waals surface area (Å²) in [5.41, 5.74) is 5.58. The van der Waals surface area contributed by atoms with Crippen LogP contribution in [0.25, 0.3) is 0 Å². The van der Waals surface area contributed by atoms with Crippen LogP contribution in [0.2, 0.25) is 0 Å². The Morgan fingerprint density at radius 1 is 1.33 bits per heavy atom. The van der Waals surface area contributed by atoms with E-state index in [-0.39, 0.29) is 6.42 Å². The molecule has 0 saturated heterocycles. The predicted octanol–water partition coefficient (Wildman–Crippen LogP) is 2.35. The quantitative estimate of drug-likeness (QED) is 0.774. The van der Waals surface area contributed by atoms with E-state index in [1.165, 1.54) is 12.1 Å². The van der Waals surface area contributed by atoms with Gasteiger partial charge in [-0.1, -0.05) is 20.8 Å². The van der Waals surface area contributed by atoms with Crippen LogP contribution >= 0.6 is 0 Å². The Hall–Kier alpha value is -1.69. The third-order valence-electron chi connectivity index (χ3n) is 2.89. The number of nitrogens with one attached hydrogen (secondary N) is 1. The number of nitrogens with two attached hydrogens (primary N) is 1. The van der Waals surface area contributed by atoms with Gasteiger partial charge in [0.15, 0.2) is 23.5 Å². The van der Waals surface area contributed by atoms with E-state index < -0.39 is 29.4 Å². The van der Waals surface area contributed by atoms with Gasteiger partial charge in [-0.25, -0.2) is 8.78 Å². The summed E-state index contributed by atoms with van der Waals surface area (Å²) in [6.45, 7) is 6.84. The van der Waals surface area contributed by atoms with Gasteiger partial charge in [0.2, 0.25) is 0 Å². The normalized spacial score (nSPS) is 12.5. The summed E-state index contributed by atoms with van der Waals surface area (Å²) in [5, 5.41) is 3.10. The van der Waals surface area contributed by atoms with E-state index in [2.05, 4.69) is 5.32 Å². The zero-order valence-electron chi connectivity index (χ0n) is 12.6. The fourth-order valence-corrected chi connectivity index (χ4v) is 1.82. The highest BCUT2D eigenvalue weighted by atomic mass is 19.1. The Kier molecular flexibility index (Phi) is 6.55. The molecule has 0 fully saturated rings.